The lowest BCUT2D eigenvalue weighted by atomic mass is 9.90. The molecule has 0 saturated carbocycles. The van der Waals surface area contributed by atoms with Crippen molar-refractivity contribution in [1.82, 2.24) is 15.5 Å². The smallest absolute Gasteiger partial charge is 0.235 e. The first-order valence-corrected chi connectivity index (χ1v) is 7.77. The third-order valence-electron chi connectivity index (χ3n) is 3.94. The van der Waals surface area contributed by atoms with Gasteiger partial charge in [0.15, 0.2) is 0 Å². The van der Waals surface area contributed by atoms with Crippen molar-refractivity contribution in [1.29, 1.82) is 0 Å². The Morgan fingerprint density at radius 2 is 1.86 bits per heavy atom. The van der Waals surface area contributed by atoms with Gasteiger partial charge in [0.05, 0.1) is 13.2 Å². The molecule has 1 aliphatic heterocycles. The van der Waals surface area contributed by atoms with E-state index in [1.165, 1.54) is 0 Å². The van der Waals surface area contributed by atoms with Gasteiger partial charge in [0, 0.05) is 32.2 Å². The summed E-state index contributed by atoms with van der Waals surface area (Å²) in [5.41, 5.74) is -1.05. The molecule has 0 spiro atoms. The van der Waals surface area contributed by atoms with Gasteiger partial charge in [-0.15, -0.1) is 0 Å². The first-order chi connectivity index (χ1) is 9.87. The highest BCUT2D eigenvalue weighted by Gasteiger charge is 2.36. The maximum absolute atomic E-state index is 12.2. The van der Waals surface area contributed by atoms with E-state index in [-0.39, 0.29) is 17.9 Å². The van der Waals surface area contributed by atoms with Gasteiger partial charge in [0.1, 0.15) is 5.41 Å². The number of morpholine rings is 1. The molecule has 122 valence electrons. The highest BCUT2D eigenvalue weighted by Crippen LogP contribution is 2.16. The van der Waals surface area contributed by atoms with E-state index in [0.29, 0.717) is 6.54 Å². The quantitative estimate of drug-likeness (QED) is 0.667. The summed E-state index contributed by atoms with van der Waals surface area (Å²) in [6.07, 6.45) is 0.848. The molecule has 0 aromatic rings. The van der Waals surface area contributed by atoms with Crippen LogP contribution in [0, 0.1) is 5.41 Å². The molecular formula is C15H29N3O3. The molecule has 0 aromatic carbocycles. The summed E-state index contributed by atoms with van der Waals surface area (Å²) in [7, 11) is 0. The fraction of sp³-hybridized carbons (Fsp3) is 0.867. The summed E-state index contributed by atoms with van der Waals surface area (Å²) in [5.74, 6) is -0.447. The highest BCUT2D eigenvalue weighted by atomic mass is 16.5. The Hall–Kier alpha value is -1.14. The average molecular weight is 299 g/mol. The maximum Gasteiger partial charge on any atom is 0.235 e. The van der Waals surface area contributed by atoms with Gasteiger partial charge in [0.25, 0.3) is 0 Å². The van der Waals surface area contributed by atoms with Crippen molar-refractivity contribution in [3.8, 4) is 0 Å². The Morgan fingerprint density at radius 1 is 1.24 bits per heavy atom. The van der Waals surface area contributed by atoms with E-state index in [4.69, 9.17) is 4.74 Å². The van der Waals surface area contributed by atoms with Crippen molar-refractivity contribution in [3.63, 3.8) is 0 Å². The second-order valence-corrected chi connectivity index (χ2v) is 6.12. The molecule has 0 radical (unpaired) electrons. The van der Waals surface area contributed by atoms with E-state index in [9.17, 15) is 9.59 Å². The van der Waals surface area contributed by atoms with Gasteiger partial charge in [-0.05, 0) is 27.2 Å². The van der Waals surface area contributed by atoms with Crippen LogP contribution in [0.5, 0.6) is 0 Å². The van der Waals surface area contributed by atoms with Crippen LogP contribution in [-0.2, 0) is 14.3 Å². The fourth-order valence-corrected chi connectivity index (χ4v) is 1.98. The van der Waals surface area contributed by atoms with Crippen LogP contribution >= 0.6 is 0 Å². The van der Waals surface area contributed by atoms with E-state index >= 15 is 0 Å². The highest BCUT2D eigenvalue weighted by molar-refractivity contribution is 6.04. The second-order valence-electron chi connectivity index (χ2n) is 6.12. The van der Waals surface area contributed by atoms with Crippen LogP contribution in [-0.4, -0.2) is 62.1 Å². The van der Waals surface area contributed by atoms with Crippen molar-refractivity contribution in [2.24, 2.45) is 5.41 Å². The van der Waals surface area contributed by atoms with Crippen molar-refractivity contribution < 1.29 is 14.3 Å². The molecular weight excluding hydrogens is 270 g/mol. The number of nitrogens with one attached hydrogen (secondary N) is 2. The Morgan fingerprint density at radius 3 is 2.43 bits per heavy atom. The number of rotatable bonds is 7. The molecule has 0 aromatic heterocycles. The van der Waals surface area contributed by atoms with Crippen molar-refractivity contribution in [2.75, 3.05) is 39.4 Å². The van der Waals surface area contributed by atoms with Gasteiger partial charge in [-0.1, -0.05) is 6.92 Å². The van der Waals surface area contributed by atoms with E-state index in [1.54, 1.807) is 13.8 Å². The number of carbonyl (C=O) groups is 2. The first-order valence-electron chi connectivity index (χ1n) is 7.77. The van der Waals surface area contributed by atoms with Crippen LogP contribution in [0.3, 0.4) is 0 Å². The summed E-state index contributed by atoms with van der Waals surface area (Å²) in [6.45, 7) is 11.9. The van der Waals surface area contributed by atoms with Gasteiger partial charge in [0.2, 0.25) is 11.8 Å². The van der Waals surface area contributed by atoms with Crippen molar-refractivity contribution >= 4 is 11.8 Å². The van der Waals surface area contributed by atoms with Gasteiger partial charge in [-0.2, -0.15) is 0 Å². The van der Waals surface area contributed by atoms with Gasteiger partial charge < -0.3 is 15.4 Å². The van der Waals surface area contributed by atoms with Gasteiger partial charge in [-0.3, -0.25) is 14.5 Å². The van der Waals surface area contributed by atoms with Gasteiger partial charge >= 0.3 is 0 Å². The van der Waals surface area contributed by atoms with Crippen LogP contribution in [0.2, 0.25) is 0 Å². The van der Waals surface area contributed by atoms with E-state index in [0.717, 1.165) is 39.3 Å². The Kier molecular flexibility index (Phi) is 7.11. The number of carbonyl (C=O) groups excluding carboxylic acids is 2. The van der Waals surface area contributed by atoms with Crippen molar-refractivity contribution in [3.05, 3.63) is 0 Å². The molecule has 1 fully saturated rings. The summed E-state index contributed by atoms with van der Waals surface area (Å²) < 4.78 is 5.28. The molecule has 1 heterocycles. The maximum atomic E-state index is 12.2. The standard InChI is InChI=1S/C15H29N3O3/c1-5-12(2)17-14(20)15(3,4)13(19)16-6-7-18-8-10-21-11-9-18/h12H,5-11H2,1-4H3,(H,16,19)(H,17,20). The Labute approximate surface area is 127 Å². The minimum Gasteiger partial charge on any atom is -0.379 e. The molecule has 1 saturated heterocycles. The largest absolute Gasteiger partial charge is 0.379 e. The predicted molar refractivity (Wildman–Crippen MR) is 81.9 cm³/mol. The van der Waals surface area contributed by atoms with Crippen LogP contribution in [0.4, 0.5) is 0 Å². The number of hydrogen-bond acceptors (Lipinski definition) is 4. The normalized spacial score (nSPS) is 18.1. The molecule has 1 unspecified atom stereocenters. The van der Waals surface area contributed by atoms with E-state index < -0.39 is 5.41 Å². The van der Waals surface area contributed by atoms with Gasteiger partial charge in [-0.25, -0.2) is 0 Å². The van der Waals surface area contributed by atoms with E-state index in [1.807, 2.05) is 13.8 Å². The van der Waals surface area contributed by atoms with Crippen LogP contribution in [0.15, 0.2) is 0 Å². The zero-order valence-corrected chi connectivity index (χ0v) is 13.7. The molecule has 2 amide bonds. The molecule has 1 aliphatic rings. The van der Waals surface area contributed by atoms with Crippen LogP contribution < -0.4 is 10.6 Å². The summed E-state index contributed by atoms with van der Waals surface area (Å²) in [4.78, 5) is 26.6. The molecule has 0 aliphatic carbocycles. The predicted octanol–water partition coefficient (Wildman–Crippen LogP) is 0.376. The lowest BCUT2D eigenvalue weighted by Gasteiger charge is -2.28. The molecule has 2 N–H and O–H groups in total. The average Bonchev–Trinajstić information content (AvgIpc) is 2.47. The number of nitrogens with zero attached hydrogens (tertiary/aromatic N) is 1. The summed E-state index contributed by atoms with van der Waals surface area (Å²) in [5, 5.41) is 5.72. The zero-order chi connectivity index (χ0) is 15.9. The Balaban J connectivity index is 2.36. The lowest BCUT2D eigenvalue weighted by molar-refractivity contribution is -0.141. The fourth-order valence-electron chi connectivity index (χ4n) is 1.98. The van der Waals surface area contributed by atoms with Crippen LogP contribution in [0.1, 0.15) is 34.1 Å². The third kappa shape index (κ3) is 5.63. The minimum absolute atomic E-state index is 0.0814. The Bertz CT molecular complexity index is 352. The summed E-state index contributed by atoms with van der Waals surface area (Å²) in [6, 6.07) is 0.0814. The molecule has 1 rings (SSSR count). The summed E-state index contributed by atoms with van der Waals surface area (Å²) >= 11 is 0. The van der Waals surface area contributed by atoms with Crippen molar-refractivity contribution in [2.45, 2.75) is 40.2 Å². The van der Waals surface area contributed by atoms with Crippen LogP contribution in [0.25, 0.3) is 0 Å². The SMILES string of the molecule is CCC(C)NC(=O)C(C)(C)C(=O)NCCN1CCOCC1. The lowest BCUT2D eigenvalue weighted by Crippen LogP contribution is -2.51. The first kappa shape index (κ1) is 17.9. The molecule has 6 heteroatoms. The molecule has 21 heavy (non-hydrogen) atoms. The minimum atomic E-state index is -1.05. The number of hydrogen-bond donors (Lipinski definition) is 2. The molecule has 0 bridgehead atoms. The third-order valence-corrected chi connectivity index (χ3v) is 3.94. The van der Waals surface area contributed by atoms with E-state index in [2.05, 4.69) is 15.5 Å². The molecule has 1 atom stereocenters. The topological polar surface area (TPSA) is 70.7 Å². The molecule has 6 nitrogen and oxygen atoms in total. The monoisotopic (exact) mass is 299 g/mol. The second kappa shape index (κ2) is 8.34. The number of ether oxygens (including phenoxy) is 1. The number of amides is 2. The zero-order valence-electron chi connectivity index (χ0n) is 13.7.